The molecule has 0 aliphatic carbocycles. The first-order chi connectivity index (χ1) is 13.1. The Kier molecular flexibility index (Phi) is 5.64. The highest BCUT2D eigenvalue weighted by Gasteiger charge is 2.30. The Balaban J connectivity index is 1.92. The minimum Gasteiger partial charge on any atom is -0.478 e. The third-order valence-electron chi connectivity index (χ3n) is 4.29. The molecular weight excluding hydrogens is 415 g/mol. The third-order valence-corrected chi connectivity index (χ3v) is 7.77. The van der Waals surface area contributed by atoms with Crippen molar-refractivity contribution in [2.75, 3.05) is 13.1 Å². The number of hydrogen-bond donors (Lipinski definition) is 1. The summed E-state index contributed by atoms with van der Waals surface area (Å²) in [5, 5.41) is 9.49. The number of carboxylic acid groups (broad SMARTS) is 1. The van der Waals surface area contributed by atoms with Gasteiger partial charge in [0.2, 0.25) is 0 Å². The Bertz CT molecular complexity index is 1000. The SMILES string of the molecule is O=C(O)/C(=C\c1ccc(C(F)(F)F)cc1)c1ccc(S(=O)(=O)N2CCCC2)s1. The number of alkyl halides is 3. The van der Waals surface area contributed by atoms with Gasteiger partial charge in [-0.25, -0.2) is 13.2 Å². The summed E-state index contributed by atoms with van der Waals surface area (Å²) in [5.74, 6) is -1.30. The minimum absolute atomic E-state index is 0.0453. The van der Waals surface area contributed by atoms with E-state index in [0.29, 0.717) is 13.1 Å². The zero-order valence-corrected chi connectivity index (χ0v) is 16.1. The first kappa shape index (κ1) is 20.6. The Morgan fingerprint density at radius 3 is 2.21 bits per heavy atom. The Morgan fingerprint density at radius 1 is 1.07 bits per heavy atom. The maximum atomic E-state index is 12.6. The molecule has 150 valence electrons. The van der Waals surface area contributed by atoms with Crippen LogP contribution in [0.4, 0.5) is 13.2 Å². The van der Waals surface area contributed by atoms with E-state index in [0.717, 1.165) is 36.3 Å². The molecule has 0 amide bonds. The van der Waals surface area contributed by atoms with E-state index in [1.54, 1.807) is 0 Å². The molecule has 3 rings (SSSR count). The van der Waals surface area contributed by atoms with Crippen LogP contribution in [0.1, 0.15) is 28.8 Å². The number of halogens is 3. The van der Waals surface area contributed by atoms with E-state index < -0.39 is 27.7 Å². The predicted octanol–water partition coefficient (Wildman–Crippen LogP) is 4.18. The third kappa shape index (κ3) is 4.29. The van der Waals surface area contributed by atoms with Gasteiger partial charge >= 0.3 is 12.1 Å². The number of sulfonamides is 1. The van der Waals surface area contributed by atoms with Crippen LogP contribution in [0.15, 0.2) is 40.6 Å². The first-order valence-corrected chi connectivity index (χ1v) is 10.6. The molecule has 0 atom stereocenters. The fourth-order valence-corrected chi connectivity index (χ4v) is 5.82. The van der Waals surface area contributed by atoms with E-state index in [2.05, 4.69) is 0 Å². The molecule has 1 aliphatic rings. The van der Waals surface area contributed by atoms with E-state index in [1.165, 1.54) is 34.6 Å². The number of carbonyl (C=O) groups is 1. The van der Waals surface area contributed by atoms with Crippen LogP contribution in [0.25, 0.3) is 11.6 Å². The second kappa shape index (κ2) is 7.69. The lowest BCUT2D eigenvalue weighted by Crippen LogP contribution is -2.27. The van der Waals surface area contributed by atoms with Crippen molar-refractivity contribution in [3.8, 4) is 0 Å². The van der Waals surface area contributed by atoms with E-state index in [4.69, 9.17) is 0 Å². The zero-order chi connectivity index (χ0) is 20.5. The molecule has 5 nitrogen and oxygen atoms in total. The van der Waals surface area contributed by atoms with Crippen LogP contribution in [0.3, 0.4) is 0 Å². The van der Waals surface area contributed by atoms with Gasteiger partial charge in [-0.05, 0) is 48.7 Å². The van der Waals surface area contributed by atoms with E-state index in [9.17, 15) is 31.5 Å². The number of hydrogen-bond acceptors (Lipinski definition) is 4. The molecule has 1 saturated heterocycles. The summed E-state index contributed by atoms with van der Waals surface area (Å²) >= 11 is 0.831. The van der Waals surface area contributed by atoms with Crippen LogP contribution in [0.2, 0.25) is 0 Å². The van der Waals surface area contributed by atoms with Gasteiger partial charge < -0.3 is 5.11 Å². The lowest BCUT2D eigenvalue weighted by molar-refractivity contribution is -0.137. The molecule has 1 N–H and O–H groups in total. The van der Waals surface area contributed by atoms with Gasteiger partial charge in [0.05, 0.1) is 11.1 Å². The van der Waals surface area contributed by atoms with Gasteiger partial charge in [0.25, 0.3) is 10.0 Å². The average Bonchev–Trinajstić information content (AvgIpc) is 3.31. The van der Waals surface area contributed by atoms with Crippen LogP contribution in [0, 0.1) is 0 Å². The molecule has 0 unspecified atom stereocenters. The molecule has 1 aromatic carbocycles. The van der Waals surface area contributed by atoms with Crippen molar-refractivity contribution in [3.05, 3.63) is 52.4 Å². The maximum Gasteiger partial charge on any atom is 0.416 e. The molecule has 10 heteroatoms. The van der Waals surface area contributed by atoms with Crippen LogP contribution in [-0.2, 0) is 21.0 Å². The Hall–Kier alpha value is -2.17. The number of carboxylic acids is 1. The molecular formula is C18H16F3NO4S2. The highest BCUT2D eigenvalue weighted by Crippen LogP contribution is 2.33. The van der Waals surface area contributed by atoms with Gasteiger partial charge in [0, 0.05) is 18.0 Å². The van der Waals surface area contributed by atoms with E-state index in [-0.39, 0.29) is 20.2 Å². The van der Waals surface area contributed by atoms with Crippen LogP contribution in [-0.4, -0.2) is 36.9 Å². The molecule has 28 heavy (non-hydrogen) atoms. The van der Waals surface area contributed by atoms with Crippen molar-refractivity contribution in [1.82, 2.24) is 4.31 Å². The lowest BCUT2D eigenvalue weighted by atomic mass is 10.1. The van der Waals surface area contributed by atoms with Crippen LogP contribution in [0.5, 0.6) is 0 Å². The minimum atomic E-state index is -4.48. The zero-order valence-electron chi connectivity index (χ0n) is 14.4. The highest BCUT2D eigenvalue weighted by molar-refractivity contribution is 7.91. The lowest BCUT2D eigenvalue weighted by Gasteiger charge is -2.13. The molecule has 2 aromatic rings. The molecule has 0 radical (unpaired) electrons. The largest absolute Gasteiger partial charge is 0.478 e. The summed E-state index contributed by atoms with van der Waals surface area (Å²) < 4.78 is 64.5. The molecule has 0 bridgehead atoms. The summed E-state index contributed by atoms with van der Waals surface area (Å²) in [6.07, 6.45) is -1.69. The second-order valence-electron chi connectivity index (χ2n) is 6.21. The van der Waals surface area contributed by atoms with Crippen molar-refractivity contribution in [2.24, 2.45) is 0 Å². The van der Waals surface area contributed by atoms with E-state index in [1.807, 2.05) is 0 Å². The molecule has 1 aliphatic heterocycles. The predicted molar refractivity (Wildman–Crippen MR) is 99.3 cm³/mol. The first-order valence-electron chi connectivity index (χ1n) is 8.31. The van der Waals surface area contributed by atoms with Crippen LogP contribution >= 0.6 is 11.3 Å². The monoisotopic (exact) mass is 431 g/mol. The van der Waals surface area contributed by atoms with Crippen molar-refractivity contribution in [3.63, 3.8) is 0 Å². The van der Waals surface area contributed by atoms with Crippen LogP contribution < -0.4 is 0 Å². The van der Waals surface area contributed by atoms with Crippen molar-refractivity contribution < 1.29 is 31.5 Å². The summed E-state index contributed by atoms with van der Waals surface area (Å²) in [4.78, 5) is 11.9. The Morgan fingerprint density at radius 2 is 1.68 bits per heavy atom. The number of aliphatic carboxylic acids is 1. The van der Waals surface area contributed by atoms with Gasteiger partial charge in [-0.3, -0.25) is 0 Å². The van der Waals surface area contributed by atoms with Crippen molar-refractivity contribution in [2.45, 2.75) is 23.2 Å². The molecule has 2 heterocycles. The quantitative estimate of drug-likeness (QED) is 0.721. The molecule has 1 fully saturated rings. The summed E-state index contributed by atoms with van der Waals surface area (Å²) in [6.45, 7) is 0.867. The molecule has 0 spiro atoms. The topological polar surface area (TPSA) is 74.7 Å². The summed E-state index contributed by atoms with van der Waals surface area (Å²) in [6, 6.07) is 6.82. The Labute approximate surface area is 163 Å². The van der Waals surface area contributed by atoms with Crippen molar-refractivity contribution >= 4 is 39.0 Å². The standard InChI is InChI=1S/C18H16F3NO4S2/c19-18(20,21)13-5-3-12(4-6-13)11-14(17(23)24)15-7-8-16(27-15)28(25,26)22-9-1-2-10-22/h3-8,11H,1-2,9-10H2,(H,23,24)/b14-11-. The fraction of sp³-hybridized carbons (Fsp3) is 0.278. The van der Waals surface area contributed by atoms with Gasteiger partial charge in [-0.15, -0.1) is 11.3 Å². The molecule has 0 saturated carbocycles. The number of benzene rings is 1. The van der Waals surface area contributed by atoms with E-state index >= 15 is 0 Å². The average molecular weight is 431 g/mol. The maximum absolute atomic E-state index is 12.6. The number of nitrogens with zero attached hydrogens (tertiary/aromatic N) is 1. The van der Waals surface area contributed by atoms with Gasteiger partial charge in [0.1, 0.15) is 4.21 Å². The highest BCUT2D eigenvalue weighted by atomic mass is 32.2. The number of thiophene rings is 1. The van der Waals surface area contributed by atoms with Gasteiger partial charge in [-0.1, -0.05) is 12.1 Å². The smallest absolute Gasteiger partial charge is 0.416 e. The summed E-state index contributed by atoms with van der Waals surface area (Å²) in [5.41, 5.74) is -0.757. The summed E-state index contributed by atoms with van der Waals surface area (Å²) in [7, 11) is -3.67. The van der Waals surface area contributed by atoms with Gasteiger partial charge in [0.15, 0.2) is 0 Å². The van der Waals surface area contributed by atoms with Crippen molar-refractivity contribution in [1.29, 1.82) is 0 Å². The molecule has 1 aromatic heterocycles. The second-order valence-corrected chi connectivity index (χ2v) is 9.46. The number of rotatable bonds is 5. The normalized spacial score (nSPS) is 16.5. The van der Waals surface area contributed by atoms with Gasteiger partial charge in [-0.2, -0.15) is 17.5 Å². The fourth-order valence-electron chi connectivity index (χ4n) is 2.83.